The van der Waals surface area contributed by atoms with Crippen LogP contribution in [0, 0.1) is 0 Å². The first kappa shape index (κ1) is 20.0. The molecule has 0 bridgehead atoms. The fourth-order valence-corrected chi connectivity index (χ4v) is 4.15. The summed E-state index contributed by atoms with van der Waals surface area (Å²) in [6.07, 6.45) is 3.92. The highest BCUT2D eigenvalue weighted by molar-refractivity contribution is 7.80. The smallest absolute Gasteiger partial charge is 0.281 e. The van der Waals surface area contributed by atoms with E-state index in [0.717, 1.165) is 27.9 Å². The summed E-state index contributed by atoms with van der Waals surface area (Å²) in [6.45, 7) is 1.23. The maximum absolute atomic E-state index is 13.1. The molecule has 0 unspecified atom stereocenters. The number of para-hydroxylation sites is 3. The molecule has 1 saturated heterocycles. The Morgan fingerprint density at radius 3 is 2.38 bits per heavy atom. The number of amides is 1. The molecule has 5 nitrogen and oxygen atoms in total. The van der Waals surface area contributed by atoms with Crippen LogP contribution in [0.25, 0.3) is 17.0 Å². The molecule has 2 heterocycles. The van der Waals surface area contributed by atoms with Crippen molar-refractivity contribution in [2.24, 2.45) is 0 Å². The Labute approximate surface area is 191 Å². The normalized spacial score (nSPS) is 14.9. The minimum Gasteiger partial charge on any atom is -0.492 e. The monoisotopic (exact) mass is 439 g/mol. The van der Waals surface area contributed by atoms with E-state index >= 15 is 0 Å². The summed E-state index contributed by atoms with van der Waals surface area (Å²) in [7, 11) is 0. The molecule has 1 aliphatic heterocycles. The van der Waals surface area contributed by atoms with Crippen LogP contribution in [-0.4, -0.2) is 22.2 Å². The van der Waals surface area contributed by atoms with Crippen LogP contribution in [0.4, 0.5) is 5.69 Å². The molecule has 158 valence electrons. The molecule has 1 aromatic heterocycles. The van der Waals surface area contributed by atoms with Gasteiger partial charge in [0.25, 0.3) is 5.91 Å². The quantitative estimate of drug-likeness (QED) is 0.340. The number of nitrogens with one attached hydrogen (secondary N) is 1. The molecule has 0 radical (unpaired) electrons. The number of benzene rings is 3. The predicted molar refractivity (Wildman–Crippen MR) is 132 cm³/mol. The Kier molecular flexibility index (Phi) is 5.44. The van der Waals surface area contributed by atoms with Crippen molar-refractivity contribution in [3.63, 3.8) is 0 Å². The Balaban J connectivity index is 1.41. The molecular weight excluding hydrogens is 418 g/mol. The number of ether oxygens (including phenoxy) is 1. The molecule has 1 aliphatic rings. The summed E-state index contributed by atoms with van der Waals surface area (Å²) in [4.78, 5) is 14.6. The average molecular weight is 440 g/mol. The van der Waals surface area contributed by atoms with Gasteiger partial charge >= 0.3 is 0 Å². The van der Waals surface area contributed by atoms with Gasteiger partial charge in [-0.05, 0) is 48.6 Å². The van der Waals surface area contributed by atoms with Gasteiger partial charge in [-0.3, -0.25) is 9.69 Å². The fraction of sp³-hybridized carbons (Fsp3) is 0.0769. The molecule has 32 heavy (non-hydrogen) atoms. The lowest BCUT2D eigenvalue weighted by molar-refractivity contribution is -0.113. The van der Waals surface area contributed by atoms with Gasteiger partial charge in [0.2, 0.25) is 0 Å². The highest BCUT2D eigenvalue weighted by Gasteiger charge is 2.32. The molecule has 1 fully saturated rings. The number of hydrogen-bond donors (Lipinski definition) is 1. The molecule has 1 amide bonds. The molecule has 3 aromatic carbocycles. The second kappa shape index (κ2) is 8.69. The van der Waals surface area contributed by atoms with E-state index in [1.54, 1.807) is 0 Å². The number of aromatic nitrogens is 1. The van der Waals surface area contributed by atoms with Crippen molar-refractivity contribution in [1.82, 2.24) is 9.88 Å². The lowest BCUT2D eigenvalue weighted by Crippen LogP contribution is -2.30. The van der Waals surface area contributed by atoms with E-state index in [4.69, 9.17) is 17.0 Å². The summed E-state index contributed by atoms with van der Waals surface area (Å²) in [5, 5.41) is 4.52. The standard InChI is InChI=1S/C26H21N3O2S/c30-25-23(27-26(32)29(25)20-9-3-1-4-10-20)17-19-18-28(24-14-8-7-13-22(19)24)15-16-31-21-11-5-2-6-12-21/h1-14,17-18H,15-16H2,(H,27,32)/b23-17-. The Bertz CT molecular complexity index is 1310. The first-order chi connectivity index (χ1) is 15.7. The number of fused-ring (bicyclic) bond motifs is 1. The highest BCUT2D eigenvalue weighted by Crippen LogP contribution is 2.26. The van der Waals surface area contributed by atoms with Gasteiger partial charge < -0.3 is 14.6 Å². The number of hydrogen-bond acceptors (Lipinski definition) is 3. The van der Waals surface area contributed by atoms with Crippen LogP contribution in [-0.2, 0) is 11.3 Å². The van der Waals surface area contributed by atoms with Gasteiger partial charge in [-0.1, -0.05) is 54.6 Å². The summed E-state index contributed by atoms with van der Waals surface area (Å²) < 4.78 is 8.02. The second-order valence-electron chi connectivity index (χ2n) is 7.42. The van der Waals surface area contributed by atoms with E-state index in [1.807, 2.05) is 78.9 Å². The van der Waals surface area contributed by atoms with Gasteiger partial charge in [-0.15, -0.1) is 0 Å². The van der Waals surface area contributed by atoms with E-state index in [-0.39, 0.29) is 5.91 Å². The van der Waals surface area contributed by atoms with Crippen LogP contribution in [0.5, 0.6) is 5.75 Å². The van der Waals surface area contributed by atoms with Gasteiger partial charge in [0.1, 0.15) is 18.1 Å². The van der Waals surface area contributed by atoms with E-state index in [0.29, 0.717) is 24.0 Å². The van der Waals surface area contributed by atoms with E-state index in [9.17, 15) is 4.79 Å². The van der Waals surface area contributed by atoms with Crippen molar-refractivity contribution in [3.8, 4) is 5.75 Å². The van der Waals surface area contributed by atoms with Crippen molar-refractivity contribution in [2.75, 3.05) is 11.5 Å². The lowest BCUT2D eigenvalue weighted by Gasteiger charge is -2.13. The first-order valence-corrected chi connectivity index (χ1v) is 10.8. The molecule has 0 spiro atoms. The molecule has 0 saturated carbocycles. The van der Waals surface area contributed by atoms with Gasteiger partial charge in [0.15, 0.2) is 5.11 Å². The predicted octanol–water partition coefficient (Wildman–Crippen LogP) is 4.98. The van der Waals surface area contributed by atoms with Crippen LogP contribution >= 0.6 is 12.2 Å². The second-order valence-corrected chi connectivity index (χ2v) is 7.81. The Morgan fingerprint density at radius 2 is 1.59 bits per heavy atom. The number of anilines is 1. The van der Waals surface area contributed by atoms with Crippen LogP contribution in [0.15, 0.2) is 96.8 Å². The zero-order valence-corrected chi connectivity index (χ0v) is 18.1. The molecule has 5 rings (SSSR count). The zero-order chi connectivity index (χ0) is 21.9. The lowest BCUT2D eigenvalue weighted by atomic mass is 10.1. The fourth-order valence-electron chi connectivity index (χ4n) is 3.86. The van der Waals surface area contributed by atoms with Crippen LogP contribution in [0.3, 0.4) is 0 Å². The van der Waals surface area contributed by atoms with Crippen molar-refractivity contribution in [1.29, 1.82) is 0 Å². The summed E-state index contributed by atoms with van der Waals surface area (Å²) in [6, 6.07) is 27.3. The topological polar surface area (TPSA) is 46.5 Å². The van der Waals surface area contributed by atoms with Gasteiger partial charge in [-0.25, -0.2) is 0 Å². The maximum Gasteiger partial charge on any atom is 0.281 e. The van der Waals surface area contributed by atoms with Crippen LogP contribution in [0.2, 0.25) is 0 Å². The molecule has 1 N–H and O–H groups in total. The summed E-state index contributed by atoms with van der Waals surface area (Å²) in [5.41, 5.74) is 3.25. The van der Waals surface area contributed by atoms with E-state index < -0.39 is 0 Å². The molecule has 0 atom stereocenters. The summed E-state index contributed by atoms with van der Waals surface area (Å²) >= 11 is 5.43. The summed E-state index contributed by atoms with van der Waals surface area (Å²) in [5.74, 6) is 0.687. The van der Waals surface area contributed by atoms with Crippen LogP contribution < -0.4 is 15.0 Å². The van der Waals surface area contributed by atoms with Crippen molar-refractivity contribution in [3.05, 3.63) is 102 Å². The van der Waals surface area contributed by atoms with Crippen molar-refractivity contribution in [2.45, 2.75) is 6.54 Å². The molecule has 4 aromatic rings. The SMILES string of the molecule is O=C1/C(=C/c2cn(CCOc3ccccc3)c3ccccc23)NC(=S)N1c1ccccc1. The number of carbonyl (C=O) groups is 1. The molecule has 0 aliphatic carbocycles. The molecule has 6 heteroatoms. The minimum absolute atomic E-state index is 0.162. The number of rotatable bonds is 6. The zero-order valence-electron chi connectivity index (χ0n) is 17.3. The van der Waals surface area contributed by atoms with Gasteiger partial charge in [0.05, 0.1) is 12.2 Å². The Morgan fingerprint density at radius 1 is 0.906 bits per heavy atom. The van der Waals surface area contributed by atoms with Crippen molar-refractivity contribution < 1.29 is 9.53 Å². The van der Waals surface area contributed by atoms with Crippen molar-refractivity contribution >= 4 is 45.9 Å². The van der Waals surface area contributed by atoms with E-state index in [2.05, 4.69) is 28.2 Å². The van der Waals surface area contributed by atoms with Gasteiger partial charge in [-0.2, -0.15) is 0 Å². The third-order valence-electron chi connectivity index (χ3n) is 5.36. The Hall–Kier alpha value is -3.90. The number of carbonyl (C=O) groups excluding carboxylic acids is 1. The first-order valence-electron chi connectivity index (χ1n) is 10.4. The highest BCUT2D eigenvalue weighted by atomic mass is 32.1. The maximum atomic E-state index is 13.1. The third kappa shape index (κ3) is 3.88. The van der Waals surface area contributed by atoms with Gasteiger partial charge in [0, 0.05) is 22.7 Å². The number of thiocarbonyl (C=S) groups is 1. The third-order valence-corrected chi connectivity index (χ3v) is 5.64. The minimum atomic E-state index is -0.162. The van der Waals surface area contributed by atoms with Crippen LogP contribution in [0.1, 0.15) is 5.56 Å². The van der Waals surface area contributed by atoms with E-state index in [1.165, 1.54) is 4.90 Å². The molecular formula is C26H21N3O2S. The average Bonchev–Trinajstić information content (AvgIpc) is 3.31. The largest absolute Gasteiger partial charge is 0.492 e. The number of nitrogens with zero attached hydrogens (tertiary/aromatic N) is 2.